The molecule has 1 saturated heterocycles. The Hall–Kier alpha value is -1.70. The number of nitrogens with zero attached hydrogens (tertiary/aromatic N) is 2. The summed E-state index contributed by atoms with van der Waals surface area (Å²) in [5, 5.41) is 0. The molecule has 0 aliphatic carbocycles. The standard InChI is InChI=1S/C22H31BN2O3S/c1-15-11-17(23-27-21(5,6)22(7,8)28-23)10-9-16(15)13-25(20(2,3)4)19(26)18-12-24-14-29-18/h9-12,14H,13H2,1-8H3. The van der Waals surface area contributed by atoms with Crippen molar-refractivity contribution in [2.75, 3.05) is 0 Å². The van der Waals surface area contributed by atoms with Crippen molar-refractivity contribution in [3.8, 4) is 0 Å². The van der Waals surface area contributed by atoms with E-state index in [9.17, 15) is 4.79 Å². The van der Waals surface area contributed by atoms with Gasteiger partial charge in [-0.25, -0.2) is 0 Å². The highest BCUT2D eigenvalue weighted by Gasteiger charge is 2.51. The third-order valence-electron chi connectivity index (χ3n) is 5.92. The highest BCUT2D eigenvalue weighted by Crippen LogP contribution is 2.36. The van der Waals surface area contributed by atoms with E-state index < -0.39 is 0 Å². The Balaban J connectivity index is 1.83. The van der Waals surface area contributed by atoms with Gasteiger partial charge in [-0.3, -0.25) is 9.78 Å². The van der Waals surface area contributed by atoms with Crippen LogP contribution in [0.3, 0.4) is 0 Å². The maximum Gasteiger partial charge on any atom is 0.494 e. The lowest BCUT2D eigenvalue weighted by Crippen LogP contribution is -2.45. The van der Waals surface area contributed by atoms with Crippen LogP contribution in [-0.4, -0.2) is 39.7 Å². The molecule has 1 aromatic carbocycles. The molecular formula is C22H31BN2O3S. The molecule has 2 aromatic rings. The van der Waals surface area contributed by atoms with E-state index in [4.69, 9.17) is 9.31 Å². The quantitative estimate of drug-likeness (QED) is 0.704. The summed E-state index contributed by atoms with van der Waals surface area (Å²) < 4.78 is 12.4. The molecule has 0 bridgehead atoms. The highest BCUT2D eigenvalue weighted by atomic mass is 32.1. The highest BCUT2D eigenvalue weighted by molar-refractivity contribution is 7.11. The van der Waals surface area contributed by atoms with Crippen LogP contribution in [0.15, 0.2) is 29.9 Å². The van der Waals surface area contributed by atoms with E-state index in [0.29, 0.717) is 11.4 Å². The predicted molar refractivity (Wildman–Crippen MR) is 119 cm³/mol. The van der Waals surface area contributed by atoms with Crippen LogP contribution in [-0.2, 0) is 15.9 Å². The van der Waals surface area contributed by atoms with Crippen LogP contribution in [0.5, 0.6) is 0 Å². The molecular weight excluding hydrogens is 383 g/mol. The van der Waals surface area contributed by atoms with Crippen molar-refractivity contribution in [3.63, 3.8) is 0 Å². The number of carbonyl (C=O) groups excluding carboxylic acids is 1. The van der Waals surface area contributed by atoms with Crippen molar-refractivity contribution in [2.45, 2.75) is 78.7 Å². The third kappa shape index (κ3) is 4.42. The lowest BCUT2D eigenvalue weighted by molar-refractivity contribution is 0.00578. The van der Waals surface area contributed by atoms with E-state index >= 15 is 0 Å². The molecule has 0 spiro atoms. The Bertz CT molecular complexity index is 872. The molecule has 7 heteroatoms. The van der Waals surface area contributed by atoms with Gasteiger partial charge in [0, 0.05) is 12.1 Å². The number of rotatable bonds is 4. The fraction of sp³-hybridized carbons (Fsp3) is 0.545. The van der Waals surface area contributed by atoms with Gasteiger partial charge in [-0.2, -0.15) is 0 Å². The Morgan fingerprint density at radius 3 is 2.28 bits per heavy atom. The van der Waals surface area contributed by atoms with E-state index in [1.165, 1.54) is 11.3 Å². The van der Waals surface area contributed by atoms with Crippen LogP contribution in [0.4, 0.5) is 0 Å². The summed E-state index contributed by atoms with van der Waals surface area (Å²) in [6, 6.07) is 6.23. The Labute approximate surface area is 178 Å². The van der Waals surface area contributed by atoms with E-state index in [0.717, 1.165) is 16.6 Å². The zero-order valence-electron chi connectivity index (χ0n) is 18.7. The van der Waals surface area contributed by atoms with Gasteiger partial charge in [-0.05, 0) is 72.0 Å². The minimum Gasteiger partial charge on any atom is -0.399 e. The SMILES string of the molecule is Cc1cc(B2OC(C)(C)C(C)(C)O2)ccc1CN(C(=O)c1cncs1)C(C)(C)C. The summed E-state index contributed by atoms with van der Waals surface area (Å²) in [6.07, 6.45) is 1.64. The molecule has 0 atom stereocenters. The van der Waals surface area contributed by atoms with Gasteiger partial charge >= 0.3 is 7.12 Å². The number of aryl methyl sites for hydroxylation is 1. The van der Waals surface area contributed by atoms with Crippen LogP contribution in [0.25, 0.3) is 0 Å². The van der Waals surface area contributed by atoms with Gasteiger partial charge in [0.05, 0.1) is 22.9 Å². The van der Waals surface area contributed by atoms with Gasteiger partial charge in [0.2, 0.25) is 0 Å². The molecule has 1 aliphatic heterocycles. The fourth-order valence-corrected chi connectivity index (χ4v) is 3.83. The van der Waals surface area contributed by atoms with Crippen molar-refractivity contribution in [1.29, 1.82) is 0 Å². The molecule has 156 valence electrons. The summed E-state index contributed by atoms with van der Waals surface area (Å²) in [5.74, 6) is 0.00874. The minimum absolute atomic E-state index is 0.00874. The van der Waals surface area contributed by atoms with Crippen LogP contribution in [0.1, 0.15) is 69.3 Å². The molecule has 0 saturated carbocycles. The van der Waals surface area contributed by atoms with Crippen molar-refractivity contribution >= 4 is 29.8 Å². The largest absolute Gasteiger partial charge is 0.494 e. The zero-order valence-corrected chi connectivity index (χ0v) is 19.5. The van der Waals surface area contributed by atoms with E-state index in [1.54, 1.807) is 11.7 Å². The number of hydrogen-bond donors (Lipinski definition) is 0. The Kier molecular flexibility index (Phi) is 5.71. The molecule has 1 aliphatic rings. The van der Waals surface area contributed by atoms with Gasteiger partial charge in [-0.1, -0.05) is 18.2 Å². The van der Waals surface area contributed by atoms with Crippen LogP contribution in [0.2, 0.25) is 0 Å². The van der Waals surface area contributed by atoms with Gasteiger partial charge in [-0.15, -0.1) is 11.3 Å². The summed E-state index contributed by atoms with van der Waals surface area (Å²) in [5.41, 5.74) is 3.88. The average molecular weight is 414 g/mol. The maximum absolute atomic E-state index is 13.0. The van der Waals surface area contributed by atoms with Crippen molar-refractivity contribution < 1.29 is 14.1 Å². The second kappa shape index (κ2) is 7.53. The Morgan fingerprint density at radius 2 is 1.79 bits per heavy atom. The van der Waals surface area contributed by atoms with Crippen molar-refractivity contribution in [2.24, 2.45) is 0 Å². The first-order chi connectivity index (χ1) is 13.3. The first-order valence-electron chi connectivity index (χ1n) is 9.97. The topological polar surface area (TPSA) is 51.7 Å². The number of benzene rings is 1. The van der Waals surface area contributed by atoms with Gasteiger partial charge < -0.3 is 14.2 Å². The number of thiazole rings is 1. The predicted octanol–water partition coefficient (Wildman–Crippen LogP) is 4.19. The molecule has 0 radical (unpaired) electrons. The fourth-order valence-electron chi connectivity index (χ4n) is 3.26. The molecule has 0 N–H and O–H groups in total. The second-order valence-electron chi connectivity index (χ2n) is 9.70. The smallest absolute Gasteiger partial charge is 0.399 e. The zero-order chi connectivity index (χ0) is 21.6. The monoisotopic (exact) mass is 414 g/mol. The summed E-state index contributed by atoms with van der Waals surface area (Å²) in [7, 11) is -0.384. The van der Waals surface area contributed by atoms with Crippen LogP contribution in [0, 0.1) is 6.92 Å². The second-order valence-corrected chi connectivity index (χ2v) is 10.6. The molecule has 1 fully saturated rings. The maximum atomic E-state index is 13.0. The number of amides is 1. The molecule has 2 heterocycles. The minimum atomic E-state index is -0.384. The number of aromatic nitrogens is 1. The summed E-state index contributed by atoms with van der Waals surface area (Å²) in [4.78, 5) is 19.7. The third-order valence-corrected chi connectivity index (χ3v) is 6.68. The number of carbonyl (C=O) groups is 1. The molecule has 29 heavy (non-hydrogen) atoms. The first kappa shape index (κ1) is 22.0. The van der Waals surface area contributed by atoms with E-state index in [1.807, 2.05) is 11.0 Å². The summed E-state index contributed by atoms with van der Waals surface area (Å²) >= 11 is 1.37. The molecule has 1 aromatic heterocycles. The van der Waals surface area contributed by atoms with Gasteiger partial charge in [0.1, 0.15) is 4.88 Å². The van der Waals surface area contributed by atoms with Crippen LogP contribution >= 0.6 is 11.3 Å². The molecule has 1 amide bonds. The molecule has 5 nitrogen and oxygen atoms in total. The van der Waals surface area contributed by atoms with Crippen LogP contribution < -0.4 is 5.46 Å². The summed E-state index contributed by atoms with van der Waals surface area (Å²) in [6.45, 7) is 17.0. The lowest BCUT2D eigenvalue weighted by atomic mass is 9.78. The van der Waals surface area contributed by atoms with Gasteiger partial charge in [0.15, 0.2) is 0 Å². The molecule has 3 rings (SSSR count). The van der Waals surface area contributed by atoms with Crippen molar-refractivity contribution in [3.05, 3.63) is 45.9 Å². The lowest BCUT2D eigenvalue weighted by Gasteiger charge is -2.36. The number of hydrogen-bond acceptors (Lipinski definition) is 5. The van der Waals surface area contributed by atoms with E-state index in [2.05, 4.69) is 72.5 Å². The van der Waals surface area contributed by atoms with Crippen molar-refractivity contribution in [1.82, 2.24) is 9.88 Å². The average Bonchev–Trinajstić information content (AvgIpc) is 3.18. The van der Waals surface area contributed by atoms with E-state index in [-0.39, 0.29) is 29.8 Å². The normalized spacial score (nSPS) is 18.1. The first-order valence-corrected chi connectivity index (χ1v) is 10.9. The Morgan fingerprint density at radius 1 is 1.17 bits per heavy atom. The molecule has 0 unspecified atom stereocenters. The van der Waals surface area contributed by atoms with Gasteiger partial charge in [0.25, 0.3) is 5.91 Å².